The molecular weight excluding hydrogens is 586 g/mol. The maximum absolute atomic E-state index is 15.2. The number of methoxy groups -OCH3 is 2. The fourth-order valence-corrected chi connectivity index (χ4v) is 4.17. The Morgan fingerprint density at radius 2 is 0.643 bits per heavy atom. The summed E-state index contributed by atoms with van der Waals surface area (Å²) in [5, 5.41) is 4.80. The summed E-state index contributed by atoms with van der Waals surface area (Å²) in [6.07, 6.45) is 0. The molecule has 4 aromatic rings. The predicted octanol–water partition coefficient (Wildman–Crippen LogP) is 8.10. The first kappa shape index (κ1) is 30.3. The van der Waals surface area contributed by atoms with Crippen molar-refractivity contribution in [2.75, 3.05) is 24.9 Å². The van der Waals surface area contributed by atoms with Crippen LogP contribution >= 0.6 is 0 Å². The van der Waals surface area contributed by atoms with Gasteiger partial charge in [-0.3, -0.25) is 0 Å². The third-order valence-corrected chi connectivity index (χ3v) is 6.27. The molecule has 2 N–H and O–H groups in total. The number of halogens is 10. The molecule has 0 aliphatic rings. The zero-order valence-electron chi connectivity index (χ0n) is 21.4. The minimum atomic E-state index is -2.53. The molecule has 0 bridgehead atoms. The summed E-state index contributed by atoms with van der Waals surface area (Å²) in [7, 11) is 2.61. The van der Waals surface area contributed by atoms with Gasteiger partial charge in [0.1, 0.15) is 11.5 Å². The van der Waals surface area contributed by atoms with Crippen LogP contribution in [0.2, 0.25) is 0 Å². The molecule has 0 aliphatic heterocycles. The molecule has 2 atom stereocenters. The van der Waals surface area contributed by atoms with E-state index >= 15 is 17.6 Å². The van der Waals surface area contributed by atoms with Crippen LogP contribution in [0.5, 0.6) is 11.5 Å². The molecule has 0 aromatic heterocycles. The van der Waals surface area contributed by atoms with Crippen LogP contribution < -0.4 is 20.1 Å². The van der Waals surface area contributed by atoms with Gasteiger partial charge < -0.3 is 20.1 Å². The summed E-state index contributed by atoms with van der Waals surface area (Å²) < 4.78 is 156. The summed E-state index contributed by atoms with van der Waals surface area (Å²) in [6.45, 7) is 0. The standard InChI is InChI=1S/C28H18F10N2O2/c1-41-13-7-3-11(4-8-13)39-27(15-17(29)21(33)25(37)22(34)18(15)30)28(40-12-5-9-14(42-2)10-6-12)16-19(31)23(35)26(38)24(36)20(16)32/h3-10,27-28,39-40H,1-2H3/t27-,28+. The number of hydrogen-bond donors (Lipinski definition) is 2. The fraction of sp³-hybridized carbons (Fsp3) is 0.143. The van der Waals surface area contributed by atoms with E-state index in [0.29, 0.717) is 0 Å². The zero-order chi connectivity index (χ0) is 30.9. The van der Waals surface area contributed by atoms with Crippen LogP contribution in [-0.4, -0.2) is 14.2 Å². The van der Waals surface area contributed by atoms with E-state index in [1.165, 1.54) is 62.8 Å². The zero-order valence-corrected chi connectivity index (χ0v) is 21.4. The topological polar surface area (TPSA) is 42.5 Å². The van der Waals surface area contributed by atoms with Crippen LogP contribution in [0.3, 0.4) is 0 Å². The van der Waals surface area contributed by atoms with E-state index < -0.39 is 81.4 Å². The first-order chi connectivity index (χ1) is 19.9. The Bertz CT molecular complexity index is 1440. The van der Waals surface area contributed by atoms with Gasteiger partial charge in [-0.15, -0.1) is 0 Å². The highest BCUT2D eigenvalue weighted by Gasteiger charge is 2.40. The van der Waals surface area contributed by atoms with Gasteiger partial charge in [-0.25, -0.2) is 43.9 Å². The van der Waals surface area contributed by atoms with Crippen molar-refractivity contribution in [3.8, 4) is 11.5 Å². The Balaban J connectivity index is 2.04. The smallest absolute Gasteiger partial charge is 0.200 e. The van der Waals surface area contributed by atoms with Crippen molar-refractivity contribution in [2.24, 2.45) is 0 Å². The Kier molecular flexibility index (Phi) is 8.73. The maximum Gasteiger partial charge on any atom is 0.200 e. The molecule has 0 radical (unpaired) electrons. The fourth-order valence-electron chi connectivity index (χ4n) is 4.17. The lowest BCUT2D eigenvalue weighted by atomic mass is 9.90. The van der Waals surface area contributed by atoms with Gasteiger partial charge in [-0.05, 0) is 48.5 Å². The minimum Gasteiger partial charge on any atom is -0.497 e. The van der Waals surface area contributed by atoms with Gasteiger partial charge in [0.15, 0.2) is 46.5 Å². The van der Waals surface area contributed by atoms with Gasteiger partial charge in [0.05, 0.1) is 37.4 Å². The lowest BCUT2D eigenvalue weighted by Gasteiger charge is -2.32. The second-order valence-electron chi connectivity index (χ2n) is 8.67. The largest absolute Gasteiger partial charge is 0.497 e. The second kappa shape index (κ2) is 12.1. The average molecular weight is 604 g/mol. The van der Waals surface area contributed by atoms with E-state index in [1.54, 1.807) is 0 Å². The van der Waals surface area contributed by atoms with Crippen molar-refractivity contribution in [1.29, 1.82) is 0 Å². The lowest BCUT2D eigenvalue weighted by molar-refractivity contribution is 0.351. The van der Waals surface area contributed by atoms with Crippen LogP contribution in [0, 0.1) is 58.2 Å². The molecule has 0 heterocycles. The van der Waals surface area contributed by atoms with Gasteiger partial charge in [0, 0.05) is 11.4 Å². The highest BCUT2D eigenvalue weighted by Crippen LogP contribution is 2.42. The normalized spacial score (nSPS) is 12.6. The van der Waals surface area contributed by atoms with Crippen LogP contribution in [0.1, 0.15) is 23.2 Å². The first-order valence-corrected chi connectivity index (χ1v) is 11.7. The third-order valence-electron chi connectivity index (χ3n) is 6.27. The van der Waals surface area contributed by atoms with E-state index in [-0.39, 0.29) is 22.9 Å². The van der Waals surface area contributed by atoms with E-state index in [9.17, 15) is 26.3 Å². The Labute approximate surface area is 231 Å². The number of benzene rings is 4. The van der Waals surface area contributed by atoms with Gasteiger partial charge in [0.2, 0.25) is 11.6 Å². The molecule has 0 aliphatic carbocycles. The molecule has 4 aromatic carbocycles. The summed E-state index contributed by atoms with van der Waals surface area (Å²) in [5.41, 5.74) is -3.57. The molecule has 4 rings (SSSR count). The molecule has 0 spiro atoms. The monoisotopic (exact) mass is 604 g/mol. The molecule has 0 saturated carbocycles. The third kappa shape index (κ3) is 5.48. The summed E-state index contributed by atoms with van der Waals surface area (Å²) >= 11 is 0. The van der Waals surface area contributed by atoms with Crippen LogP contribution in [0.25, 0.3) is 0 Å². The number of ether oxygens (including phenoxy) is 2. The van der Waals surface area contributed by atoms with E-state index in [0.717, 1.165) is 0 Å². The highest BCUT2D eigenvalue weighted by atomic mass is 19.2. The maximum atomic E-state index is 15.2. The molecule has 14 heteroatoms. The minimum absolute atomic E-state index is 0.129. The van der Waals surface area contributed by atoms with E-state index in [1.807, 2.05) is 0 Å². The van der Waals surface area contributed by atoms with Crippen molar-refractivity contribution in [1.82, 2.24) is 0 Å². The second-order valence-corrected chi connectivity index (χ2v) is 8.67. The molecule has 0 amide bonds. The van der Waals surface area contributed by atoms with Crippen molar-refractivity contribution in [3.05, 3.63) is 118 Å². The molecule has 4 nitrogen and oxygen atoms in total. The van der Waals surface area contributed by atoms with Crippen molar-refractivity contribution < 1.29 is 53.4 Å². The summed E-state index contributed by atoms with van der Waals surface area (Å²) in [6, 6.07) is 5.26. The average Bonchev–Trinajstić information content (AvgIpc) is 3.00. The Hall–Kier alpha value is -4.62. The van der Waals surface area contributed by atoms with E-state index in [2.05, 4.69) is 10.6 Å². The van der Waals surface area contributed by atoms with Gasteiger partial charge in [-0.2, -0.15) is 0 Å². The Morgan fingerprint density at radius 1 is 0.405 bits per heavy atom. The Morgan fingerprint density at radius 3 is 0.881 bits per heavy atom. The SMILES string of the molecule is COc1ccc(N[C@H](c2c(F)c(F)c(F)c(F)c2F)[C@@H](Nc2ccc(OC)cc2)c2c(F)c(F)c(F)c(F)c2F)cc1. The lowest BCUT2D eigenvalue weighted by Crippen LogP contribution is -2.31. The van der Waals surface area contributed by atoms with Crippen LogP contribution in [-0.2, 0) is 0 Å². The van der Waals surface area contributed by atoms with Crippen molar-refractivity contribution in [2.45, 2.75) is 12.1 Å². The number of nitrogens with one attached hydrogen (secondary N) is 2. The summed E-state index contributed by atoms with van der Waals surface area (Å²) in [4.78, 5) is 0. The summed E-state index contributed by atoms with van der Waals surface area (Å²) in [5.74, 6) is -23.8. The molecular formula is C28H18F10N2O2. The molecule has 42 heavy (non-hydrogen) atoms. The number of anilines is 2. The van der Waals surface area contributed by atoms with Crippen LogP contribution in [0.15, 0.2) is 48.5 Å². The number of hydrogen-bond acceptors (Lipinski definition) is 4. The van der Waals surface area contributed by atoms with Gasteiger partial charge >= 0.3 is 0 Å². The molecule has 222 valence electrons. The first-order valence-electron chi connectivity index (χ1n) is 11.7. The highest BCUT2D eigenvalue weighted by molar-refractivity contribution is 5.54. The van der Waals surface area contributed by atoms with Crippen LogP contribution in [0.4, 0.5) is 55.3 Å². The number of rotatable bonds is 9. The van der Waals surface area contributed by atoms with Gasteiger partial charge in [-0.1, -0.05) is 0 Å². The predicted molar refractivity (Wildman–Crippen MR) is 131 cm³/mol. The molecule has 0 fully saturated rings. The van der Waals surface area contributed by atoms with Crippen molar-refractivity contribution >= 4 is 11.4 Å². The molecule has 0 unspecified atom stereocenters. The van der Waals surface area contributed by atoms with Crippen molar-refractivity contribution in [3.63, 3.8) is 0 Å². The quantitative estimate of drug-likeness (QED) is 0.115. The van der Waals surface area contributed by atoms with E-state index in [4.69, 9.17) is 9.47 Å². The molecule has 0 saturated heterocycles. The van der Waals surface area contributed by atoms with Gasteiger partial charge in [0.25, 0.3) is 0 Å².